The summed E-state index contributed by atoms with van der Waals surface area (Å²) in [5.41, 5.74) is 1.55. The van der Waals surface area contributed by atoms with Crippen molar-refractivity contribution < 1.29 is 14.7 Å². The van der Waals surface area contributed by atoms with Crippen LogP contribution in [-0.4, -0.2) is 56.1 Å². The molecule has 0 bridgehead atoms. The number of H-pyrrole nitrogens is 1. The Bertz CT molecular complexity index is 541. The number of imidazole rings is 1. The fourth-order valence-electron chi connectivity index (χ4n) is 2.75. The average Bonchev–Trinajstić information content (AvgIpc) is 3.13. The summed E-state index contributed by atoms with van der Waals surface area (Å²) < 4.78 is 0. The molecule has 0 aromatic carbocycles. The molecule has 0 aliphatic carbocycles. The number of amides is 2. The lowest BCUT2D eigenvalue weighted by molar-refractivity contribution is -0.142. The maximum atomic E-state index is 12.3. The second kappa shape index (κ2) is 5.97. The Morgan fingerprint density at radius 1 is 1.57 bits per heavy atom. The van der Waals surface area contributed by atoms with Crippen LogP contribution >= 0.6 is 11.8 Å². The molecule has 0 spiro atoms. The quantitative estimate of drug-likeness (QED) is 0.763. The van der Waals surface area contributed by atoms with E-state index in [4.69, 9.17) is 0 Å². The number of hydrogen-bond acceptors (Lipinski definition) is 4. The third-order valence-corrected chi connectivity index (χ3v) is 5.24. The van der Waals surface area contributed by atoms with E-state index in [0.29, 0.717) is 12.5 Å². The summed E-state index contributed by atoms with van der Waals surface area (Å²) >= 11 is 1.89. The fourth-order valence-corrected chi connectivity index (χ4v) is 4.03. The minimum atomic E-state index is -0.991. The zero-order valence-corrected chi connectivity index (χ0v) is 12.4. The van der Waals surface area contributed by atoms with Crippen molar-refractivity contribution in [3.63, 3.8) is 0 Å². The lowest BCUT2D eigenvalue weighted by atomic mass is 10.0. The summed E-state index contributed by atoms with van der Waals surface area (Å²) in [6, 6.07) is -1.15. The molecule has 0 radical (unpaired) electrons. The van der Waals surface area contributed by atoms with Gasteiger partial charge in [-0.3, -0.25) is 0 Å². The predicted molar refractivity (Wildman–Crippen MR) is 78.1 cm³/mol. The zero-order valence-electron chi connectivity index (χ0n) is 11.5. The Kier molecular flexibility index (Phi) is 4.05. The molecular formula is C13H18N4O3S. The number of thioether (sulfide) groups is 1. The standard InChI is InChI=1S/C13H18N4O3S/c18-12(19)11-3-9-10(16-7-15-9)5-17(11)13(20)14-4-8-1-2-21-6-8/h7-8,11H,1-6H2,(H,14,20)(H,15,16)(H,18,19). The van der Waals surface area contributed by atoms with E-state index in [1.165, 1.54) is 4.90 Å². The lowest BCUT2D eigenvalue weighted by Gasteiger charge is -2.32. The molecular weight excluding hydrogens is 292 g/mol. The molecule has 1 aromatic heterocycles. The smallest absolute Gasteiger partial charge is 0.326 e. The van der Waals surface area contributed by atoms with Crippen LogP contribution in [-0.2, 0) is 17.8 Å². The summed E-state index contributed by atoms with van der Waals surface area (Å²) in [6.07, 6.45) is 2.90. The van der Waals surface area contributed by atoms with Gasteiger partial charge in [0.25, 0.3) is 0 Å². The highest BCUT2D eigenvalue weighted by Crippen LogP contribution is 2.23. The van der Waals surface area contributed by atoms with Crippen molar-refractivity contribution >= 4 is 23.8 Å². The number of nitrogens with one attached hydrogen (secondary N) is 2. The minimum Gasteiger partial charge on any atom is -0.480 e. The van der Waals surface area contributed by atoms with Gasteiger partial charge in [0.2, 0.25) is 0 Å². The van der Waals surface area contributed by atoms with E-state index in [1.54, 1.807) is 6.33 Å². The second-order valence-electron chi connectivity index (χ2n) is 5.43. The van der Waals surface area contributed by atoms with Gasteiger partial charge < -0.3 is 20.3 Å². The van der Waals surface area contributed by atoms with Gasteiger partial charge in [0.15, 0.2) is 0 Å². The number of fused-ring (bicyclic) bond motifs is 1. The van der Waals surface area contributed by atoms with E-state index in [1.807, 2.05) is 11.8 Å². The van der Waals surface area contributed by atoms with Crippen LogP contribution in [0.2, 0.25) is 0 Å². The van der Waals surface area contributed by atoms with Gasteiger partial charge in [-0.25, -0.2) is 14.6 Å². The normalized spacial score (nSPS) is 24.7. The Balaban J connectivity index is 1.66. The molecule has 3 rings (SSSR count). The second-order valence-corrected chi connectivity index (χ2v) is 6.58. The topological polar surface area (TPSA) is 98.3 Å². The van der Waals surface area contributed by atoms with Gasteiger partial charge in [-0.15, -0.1) is 0 Å². The summed E-state index contributed by atoms with van der Waals surface area (Å²) in [7, 11) is 0. The Hall–Kier alpha value is -1.70. The number of hydrogen-bond donors (Lipinski definition) is 3. The van der Waals surface area contributed by atoms with Gasteiger partial charge in [0.1, 0.15) is 6.04 Å². The maximum absolute atomic E-state index is 12.3. The van der Waals surface area contributed by atoms with Crippen molar-refractivity contribution in [1.29, 1.82) is 0 Å². The van der Waals surface area contributed by atoms with Gasteiger partial charge in [-0.05, 0) is 23.8 Å². The molecule has 0 saturated carbocycles. The number of aromatic amines is 1. The Labute approximate surface area is 126 Å². The number of carbonyl (C=O) groups is 2. The Morgan fingerprint density at radius 3 is 3.14 bits per heavy atom. The molecule has 2 atom stereocenters. The lowest BCUT2D eigenvalue weighted by Crippen LogP contribution is -2.53. The van der Waals surface area contributed by atoms with Crippen LogP contribution in [0, 0.1) is 5.92 Å². The molecule has 7 nitrogen and oxygen atoms in total. The largest absolute Gasteiger partial charge is 0.480 e. The van der Waals surface area contributed by atoms with Crippen LogP contribution in [0.3, 0.4) is 0 Å². The Morgan fingerprint density at radius 2 is 2.43 bits per heavy atom. The maximum Gasteiger partial charge on any atom is 0.326 e. The molecule has 1 aromatic rings. The fraction of sp³-hybridized carbons (Fsp3) is 0.615. The first-order valence-corrected chi connectivity index (χ1v) is 8.16. The van der Waals surface area contributed by atoms with Crippen LogP contribution in [0.15, 0.2) is 6.33 Å². The zero-order chi connectivity index (χ0) is 14.8. The van der Waals surface area contributed by atoms with Gasteiger partial charge >= 0.3 is 12.0 Å². The molecule has 3 heterocycles. The van der Waals surface area contributed by atoms with Gasteiger partial charge in [0.05, 0.1) is 24.3 Å². The number of aromatic nitrogens is 2. The SMILES string of the molecule is O=C(O)C1Cc2nc[nH]c2CN1C(=O)NCC1CCSC1. The molecule has 3 N–H and O–H groups in total. The summed E-state index contributed by atoms with van der Waals surface area (Å²) in [5, 5.41) is 12.2. The van der Waals surface area contributed by atoms with Crippen molar-refractivity contribution in [1.82, 2.24) is 20.2 Å². The monoisotopic (exact) mass is 310 g/mol. The molecule has 21 heavy (non-hydrogen) atoms. The first-order valence-electron chi connectivity index (χ1n) is 7.01. The van der Waals surface area contributed by atoms with E-state index in [9.17, 15) is 14.7 Å². The molecule has 2 amide bonds. The van der Waals surface area contributed by atoms with E-state index in [2.05, 4.69) is 15.3 Å². The van der Waals surface area contributed by atoms with Crippen LogP contribution < -0.4 is 5.32 Å². The molecule has 2 aliphatic rings. The van der Waals surface area contributed by atoms with E-state index in [-0.39, 0.29) is 19.0 Å². The molecule has 1 saturated heterocycles. The number of nitrogens with zero attached hydrogens (tertiary/aromatic N) is 2. The number of carboxylic acids is 1. The summed E-state index contributed by atoms with van der Waals surface area (Å²) in [4.78, 5) is 32.2. The van der Waals surface area contributed by atoms with Crippen LogP contribution in [0.25, 0.3) is 0 Å². The number of rotatable bonds is 3. The number of aliphatic carboxylic acids is 1. The van der Waals surface area contributed by atoms with E-state index < -0.39 is 12.0 Å². The first kappa shape index (κ1) is 14.2. The van der Waals surface area contributed by atoms with Crippen LogP contribution in [0.5, 0.6) is 0 Å². The molecule has 1 fully saturated rings. The number of urea groups is 1. The highest BCUT2D eigenvalue weighted by atomic mass is 32.2. The van der Waals surface area contributed by atoms with Gasteiger partial charge in [-0.1, -0.05) is 0 Å². The average molecular weight is 310 g/mol. The molecule has 8 heteroatoms. The van der Waals surface area contributed by atoms with Crippen molar-refractivity contribution in [2.45, 2.75) is 25.4 Å². The molecule has 114 valence electrons. The highest BCUT2D eigenvalue weighted by Gasteiger charge is 2.36. The van der Waals surface area contributed by atoms with Crippen molar-refractivity contribution in [3.8, 4) is 0 Å². The van der Waals surface area contributed by atoms with Crippen LogP contribution in [0.4, 0.5) is 4.79 Å². The van der Waals surface area contributed by atoms with Crippen molar-refractivity contribution in [2.24, 2.45) is 5.92 Å². The van der Waals surface area contributed by atoms with Gasteiger partial charge in [0, 0.05) is 13.0 Å². The van der Waals surface area contributed by atoms with Crippen molar-refractivity contribution in [2.75, 3.05) is 18.1 Å². The first-order chi connectivity index (χ1) is 10.1. The van der Waals surface area contributed by atoms with E-state index >= 15 is 0 Å². The predicted octanol–water partition coefficient (Wildman–Crippen LogP) is 0.684. The summed E-state index contributed by atoms with van der Waals surface area (Å²) in [6.45, 7) is 0.877. The third kappa shape index (κ3) is 2.99. The molecule has 2 aliphatic heterocycles. The number of carboxylic acid groups (broad SMARTS) is 1. The summed E-state index contributed by atoms with van der Waals surface area (Å²) in [5.74, 6) is 1.71. The van der Waals surface area contributed by atoms with Crippen LogP contribution in [0.1, 0.15) is 17.8 Å². The van der Waals surface area contributed by atoms with Crippen molar-refractivity contribution in [3.05, 3.63) is 17.7 Å². The molecule has 2 unspecified atom stereocenters. The highest BCUT2D eigenvalue weighted by molar-refractivity contribution is 7.99. The minimum absolute atomic E-state index is 0.251. The third-order valence-electron chi connectivity index (χ3n) is 4.01. The van der Waals surface area contributed by atoms with E-state index in [0.717, 1.165) is 29.3 Å². The number of carbonyl (C=O) groups excluding carboxylic acids is 1. The van der Waals surface area contributed by atoms with Gasteiger partial charge in [-0.2, -0.15) is 11.8 Å².